The lowest BCUT2D eigenvalue weighted by atomic mass is 10.2. The summed E-state index contributed by atoms with van der Waals surface area (Å²) in [4.78, 5) is 2.10. The second-order valence-electron chi connectivity index (χ2n) is 4.39. The third-order valence-corrected chi connectivity index (χ3v) is 2.98. The molecule has 0 bridgehead atoms. The maximum atomic E-state index is 5.78. The molecule has 0 aliphatic heterocycles. The van der Waals surface area contributed by atoms with E-state index in [0.717, 1.165) is 23.0 Å². The van der Waals surface area contributed by atoms with E-state index in [1.54, 1.807) is 0 Å². The lowest BCUT2D eigenvalue weighted by molar-refractivity contribution is 0.541. The van der Waals surface area contributed by atoms with Gasteiger partial charge in [0.1, 0.15) is 5.76 Å². The molecule has 1 aromatic heterocycles. The van der Waals surface area contributed by atoms with E-state index in [4.69, 9.17) is 4.42 Å². The zero-order valence-electron chi connectivity index (χ0n) is 10.8. The predicted molar refractivity (Wildman–Crippen MR) is 78.1 cm³/mol. The molecule has 2 nitrogen and oxygen atoms in total. The number of aryl methyl sites for hydroxylation is 1. The van der Waals surface area contributed by atoms with Gasteiger partial charge in [-0.25, -0.2) is 0 Å². The lowest BCUT2D eigenvalue weighted by Gasteiger charge is -2.22. The first kappa shape index (κ1) is 11.6. The van der Waals surface area contributed by atoms with Gasteiger partial charge in [-0.2, -0.15) is 0 Å². The Labute approximate surface area is 112 Å². The molecule has 0 saturated heterocycles. The number of hydrogen-bond donors (Lipinski definition) is 0. The number of rotatable bonds is 3. The first-order valence-corrected chi connectivity index (χ1v) is 6.31. The van der Waals surface area contributed by atoms with Crippen molar-refractivity contribution in [1.29, 1.82) is 0 Å². The van der Waals surface area contributed by atoms with Gasteiger partial charge in [0, 0.05) is 17.4 Å². The summed E-state index contributed by atoms with van der Waals surface area (Å²) in [6.07, 6.45) is 0. The molecule has 0 atom stereocenters. The third kappa shape index (κ3) is 2.38. The molecule has 3 rings (SSSR count). The van der Waals surface area contributed by atoms with E-state index in [2.05, 4.69) is 29.2 Å². The number of hydrogen-bond acceptors (Lipinski definition) is 2. The fourth-order valence-corrected chi connectivity index (χ4v) is 2.10. The first-order valence-electron chi connectivity index (χ1n) is 6.31. The van der Waals surface area contributed by atoms with Crippen LogP contribution in [-0.2, 0) is 0 Å². The summed E-state index contributed by atoms with van der Waals surface area (Å²) >= 11 is 0. The maximum absolute atomic E-state index is 5.78. The Morgan fingerprint density at radius 3 is 1.63 bits per heavy atom. The van der Waals surface area contributed by atoms with Gasteiger partial charge in [0.25, 0.3) is 0 Å². The number of nitrogens with zero attached hydrogens (tertiary/aromatic N) is 1. The fraction of sp³-hybridized carbons (Fsp3) is 0.0588. The van der Waals surface area contributed by atoms with Crippen LogP contribution in [0.5, 0.6) is 0 Å². The third-order valence-electron chi connectivity index (χ3n) is 2.98. The highest BCUT2D eigenvalue weighted by atomic mass is 16.4. The zero-order valence-corrected chi connectivity index (χ0v) is 10.8. The topological polar surface area (TPSA) is 16.4 Å². The summed E-state index contributed by atoms with van der Waals surface area (Å²) < 4.78 is 5.78. The molecular weight excluding hydrogens is 234 g/mol. The quantitative estimate of drug-likeness (QED) is 0.645. The molecule has 1 heterocycles. The van der Waals surface area contributed by atoms with Crippen LogP contribution in [0.1, 0.15) is 5.76 Å². The van der Waals surface area contributed by atoms with Crippen LogP contribution in [-0.4, -0.2) is 0 Å². The minimum Gasteiger partial charge on any atom is -0.445 e. The largest absolute Gasteiger partial charge is 0.445 e. The average Bonchev–Trinajstić information content (AvgIpc) is 2.88. The van der Waals surface area contributed by atoms with Crippen molar-refractivity contribution >= 4 is 17.3 Å². The minimum absolute atomic E-state index is 0.829. The van der Waals surface area contributed by atoms with Crippen LogP contribution in [0, 0.1) is 6.92 Å². The van der Waals surface area contributed by atoms with Gasteiger partial charge in [-0.3, -0.25) is 4.90 Å². The van der Waals surface area contributed by atoms with Gasteiger partial charge in [0.15, 0.2) is 0 Å². The van der Waals surface area contributed by atoms with Crippen molar-refractivity contribution in [2.75, 3.05) is 4.90 Å². The summed E-state index contributed by atoms with van der Waals surface area (Å²) in [6, 6.07) is 24.4. The predicted octanol–water partition coefficient (Wildman–Crippen LogP) is 5.06. The lowest BCUT2D eigenvalue weighted by Crippen LogP contribution is -2.08. The van der Waals surface area contributed by atoms with Gasteiger partial charge in [-0.05, 0) is 37.3 Å². The van der Waals surface area contributed by atoms with Crippen molar-refractivity contribution < 1.29 is 4.42 Å². The molecule has 0 spiro atoms. The molecule has 0 aliphatic rings. The van der Waals surface area contributed by atoms with Gasteiger partial charge in [-0.1, -0.05) is 36.4 Å². The molecular formula is C17H15NO. The second kappa shape index (κ2) is 5.02. The van der Waals surface area contributed by atoms with Crippen molar-refractivity contribution in [3.63, 3.8) is 0 Å². The normalized spacial score (nSPS) is 10.4. The highest BCUT2D eigenvalue weighted by molar-refractivity contribution is 5.73. The molecule has 2 heteroatoms. The average molecular weight is 249 g/mol. The Morgan fingerprint density at radius 1 is 0.684 bits per heavy atom. The molecule has 0 N–H and O–H groups in total. The molecule has 0 saturated carbocycles. The number of furan rings is 1. The molecule has 0 radical (unpaired) electrons. The van der Waals surface area contributed by atoms with Crippen molar-refractivity contribution in [2.45, 2.75) is 6.92 Å². The van der Waals surface area contributed by atoms with Crippen molar-refractivity contribution in [1.82, 2.24) is 0 Å². The highest BCUT2D eigenvalue weighted by Crippen LogP contribution is 2.34. The summed E-state index contributed by atoms with van der Waals surface area (Å²) in [5, 5.41) is 0. The summed E-state index contributed by atoms with van der Waals surface area (Å²) in [5.74, 6) is 1.74. The molecule has 94 valence electrons. The summed E-state index contributed by atoms with van der Waals surface area (Å²) in [7, 11) is 0. The molecule has 0 amide bonds. The van der Waals surface area contributed by atoms with E-state index in [1.165, 1.54) is 0 Å². The Bertz CT molecular complexity index is 604. The molecule has 3 aromatic rings. The number of para-hydroxylation sites is 2. The van der Waals surface area contributed by atoms with Crippen LogP contribution in [0.15, 0.2) is 77.2 Å². The van der Waals surface area contributed by atoms with Crippen molar-refractivity contribution in [2.24, 2.45) is 0 Å². The minimum atomic E-state index is 0.829. The van der Waals surface area contributed by atoms with E-state index < -0.39 is 0 Å². The molecule has 0 fully saturated rings. The van der Waals surface area contributed by atoms with Crippen LogP contribution in [0.2, 0.25) is 0 Å². The molecule has 19 heavy (non-hydrogen) atoms. The van der Waals surface area contributed by atoms with Crippen LogP contribution < -0.4 is 4.90 Å². The van der Waals surface area contributed by atoms with Gasteiger partial charge in [0.05, 0.1) is 0 Å². The Morgan fingerprint density at radius 2 is 1.21 bits per heavy atom. The van der Waals surface area contributed by atoms with Crippen LogP contribution in [0.3, 0.4) is 0 Å². The Balaban J connectivity index is 2.11. The van der Waals surface area contributed by atoms with Crippen LogP contribution >= 0.6 is 0 Å². The standard InChI is InChI=1S/C17H15NO/c1-14-12-13-17(19-14)18(15-8-4-2-5-9-15)16-10-6-3-7-11-16/h2-13H,1H3. The van der Waals surface area contributed by atoms with Crippen molar-refractivity contribution in [3.8, 4) is 0 Å². The van der Waals surface area contributed by atoms with Crippen LogP contribution in [0.25, 0.3) is 0 Å². The smallest absolute Gasteiger partial charge is 0.204 e. The number of benzene rings is 2. The number of anilines is 3. The fourth-order valence-electron chi connectivity index (χ4n) is 2.10. The van der Waals surface area contributed by atoms with Crippen LogP contribution in [0.4, 0.5) is 17.3 Å². The second-order valence-corrected chi connectivity index (χ2v) is 4.39. The van der Waals surface area contributed by atoms with E-state index >= 15 is 0 Å². The van der Waals surface area contributed by atoms with Gasteiger partial charge in [0.2, 0.25) is 5.88 Å². The van der Waals surface area contributed by atoms with Gasteiger partial charge < -0.3 is 4.42 Å². The zero-order chi connectivity index (χ0) is 13.1. The molecule has 2 aromatic carbocycles. The summed E-state index contributed by atoms with van der Waals surface area (Å²) in [5.41, 5.74) is 2.17. The van der Waals surface area contributed by atoms with E-state index in [1.807, 2.05) is 55.5 Å². The maximum Gasteiger partial charge on any atom is 0.204 e. The van der Waals surface area contributed by atoms with E-state index in [-0.39, 0.29) is 0 Å². The molecule has 0 unspecified atom stereocenters. The summed E-state index contributed by atoms with van der Waals surface area (Å²) in [6.45, 7) is 1.96. The molecule has 0 aliphatic carbocycles. The Hall–Kier alpha value is -2.48. The van der Waals surface area contributed by atoms with E-state index in [9.17, 15) is 0 Å². The first-order chi connectivity index (χ1) is 9.34. The highest BCUT2D eigenvalue weighted by Gasteiger charge is 2.14. The SMILES string of the molecule is Cc1ccc(N(c2ccccc2)c2ccccc2)o1. The van der Waals surface area contributed by atoms with Gasteiger partial charge in [-0.15, -0.1) is 0 Å². The van der Waals surface area contributed by atoms with Crippen molar-refractivity contribution in [3.05, 3.63) is 78.6 Å². The Kier molecular flexibility index (Phi) is 3.07. The van der Waals surface area contributed by atoms with Gasteiger partial charge >= 0.3 is 0 Å². The monoisotopic (exact) mass is 249 g/mol. The van der Waals surface area contributed by atoms with E-state index in [0.29, 0.717) is 0 Å².